The fourth-order valence-electron chi connectivity index (χ4n) is 3.87. The van der Waals surface area contributed by atoms with Crippen molar-refractivity contribution in [3.8, 4) is 5.88 Å². The molecule has 0 spiro atoms. The van der Waals surface area contributed by atoms with Gasteiger partial charge in [0, 0.05) is 39.6 Å². The predicted molar refractivity (Wildman–Crippen MR) is 113 cm³/mol. The molecule has 0 aromatic carbocycles. The summed E-state index contributed by atoms with van der Waals surface area (Å²) in [6, 6.07) is -0.465. The number of ether oxygens (including phenoxy) is 2. The summed E-state index contributed by atoms with van der Waals surface area (Å²) >= 11 is 0. The normalized spacial score (nSPS) is 22.0. The number of aromatic nitrogens is 2. The molecule has 2 aliphatic heterocycles. The third kappa shape index (κ3) is 5.31. The molecule has 0 N–H and O–H groups in total. The number of nitrogens with zero attached hydrogens (tertiary/aromatic N) is 5. The molecule has 3 heterocycles. The number of carbonyl (C=O) groups excluding carboxylic acids is 2. The minimum atomic E-state index is -0.585. The lowest BCUT2D eigenvalue weighted by Gasteiger charge is -2.36. The van der Waals surface area contributed by atoms with Crippen molar-refractivity contribution in [1.82, 2.24) is 19.8 Å². The molecule has 30 heavy (non-hydrogen) atoms. The van der Waals surface area contributed by atoms with E-state index in [2.05, 4.69) is 9.97 Å². The summed E-state index contributed by atoms with van der Waals surface area (Å²) < 4.78 is 11.6. The van der Waals surface area contributed by atoms with Gasteiger partial charge in [0.2, 0.25) is 5.91 Å². The lowest BCUT2D eigenvalue weighted by atomic mass is 10.1. The van der Waals surface area contributed by atoms with E-state index in [1.807, 2.05) is 44.7 Å². The molecule has 1 aromatic rings. The van der Waals surface area contributed by atoms with Crippen LogP contribution in [0.2, 0.25) is 0 Å². The van der Waals surface area contributed by atoms with Crippen molar-refractivity contribution in [2.75, 3.05) is 38.6 Å². The molecule has 9 nitrogen and oxygen atoms in total. The molecule has 1 aromatic heterocycles. The van der Waals surface area contributed by atoms with Gasteiger partial charge in [0.15, 0.2) is 5.82 Å². The Kier molecular flexibility index (Phi) is 6.67. The van der Waals surface area contributed by atoms with Gasteiger partial charge in [0.1, 0.15) is 17.7 Å². The van der Waals surface area contributed by atoms with E-state index in [9.17, 15) is 9.59 Å². The maximum Gasteiger partial charge on any atom is 0.410 e. The number of hydrogen-bond donors (Lipinski definition) is 0. The molecule has 0 saturated carbocycles. The Labute approximate surface area is 178 Å². The largest absolute Gasteiger partial charge is 0.470 e. The summed E-state index contributed by atoms with van der Waals surface area (Å²) in [6.45, 7) is 7.18. The van der Waals surface area contributed by atoms with Crippen LogP contribution in [0, 0.1) is 0 Å². The maximum absolute atomic E-state index is 13.2. The van der Waals surface area contributed by atoms with Gasteiger partial charge in [-0.05, 0) is 46.5 Å². The summed E-state index contributed by atoms with van der Waals surface area (Å²) in [5.74, 6) is 1.10. The van der Waals surface area contributed by atoms with Crippen LogP contribution in [0.15, 0.2) is 12.4 Å². The highest BCUT2D eigenvalue weighted by Crippen LogP contribution is 2.27. The van der Waals surface area contributed by atoms with Crippen molar-refractivity contribution in [1.29, 1.82) is 0 Å². The van der Waals surface area contributed by atoms with Crippen LogP contribution >= 0.6 is 0 Å². The lowest BCUT2D eigenvalue weighted by molar-refractivity contribution is -0.138. The molecule has 2 amide bonds. The molecular formula is C21H33N5O4. The smallest absolute Gasteiger partial charge is 0.410 e. The molecule has 0 bridgehead atoms. The summed E-state index contributed by atoms with van der Waals surface area (Å²) in [5.41, 5.74) is -0.585. The molecule has 0 radical (unpaired) electrons. The van der Waals surface area contributed by atoms with Gasteiger partial charge in [-0.2, -0.15) is 0 Å². The highest BCUT2D eigenvalue weighted by Gasteiger charge is 2.40. The van der Waals surface area contributed by atoms with Crippen LogP contribution in [0.25, 0.3) is 0 Å². The number of likely N-dealkylation sites (tertiary alicyclic amines) is 2. The average molecular weight is 420 g/mol. The van der Waals surface area contributed by atoms with Gasteiger partial charge in [-0.15, -0.1) is 0 Å². The van der Waals surface area contributed by atoms with Gasteiger partial charge in [-0.3, -0.25) is 9.69 Å². The van der Waals surface area contributed by atoms with Crippen LogP contribution in [-0.4, -0.2) is 83.2 Å². The van der Waals surface area contributed by atoms with E-state index in [0.29, 0.717) is 37.8 Å². The molecular weight excluding hydrogens is 386 g/mol. The molecule has 2 unspecified atom stereocenters. The average Bonchev–Trinajstić information content (AvgIpc) is 3.16. The second kappa shape index (κ2) is 9.06. The van der Waals surface area contributed by atoms with Gasteiger partial charge in [-0.1, -0.05) is 0 Å². The molecule has 0 aliphatic carbocycles. The topological polar surface area (TPSA) is 88.1 Å². The van der Waals surface area contributed by atoms with Gasteiger partial charge >= 0.3 is 6.09 Å². The van der Waals surface area contributed by atoms with E-state index in [1.54, 1.807) is 17.3 Å². The number of hydrogen-bond acceptors (Lipinski definition) is 7. The third-order valence-electron chi connectivity index (χ3n) is 5.20. The van der Waals surface area contributed by atoms with Gasteiger partial charge in [0.05, 0.1) is 6.54 Å². The minimum Gasteiger partial charge on any atom is -0.470 e. The van der Waals surface area contributed by atoms with Crippen LogP contribution < -0.4 is 9.64 Å². The van der Waals surface area contributed by atoms with Gasteiger partial charge in [0.25, 0.3) is 5.88 Å². The molecule has 166 valence electrons. The Morgan fingerprint density at radius 2 is 1.80 bits per heavy atom. The quantitative estimate of drug-likeness (QED) is 0.740. The third-order valence-corrected chi connectivity index (χ3v) is 5.20. The van der Waals surface area contributed by atoms with Crippen molar-refractivity contribution in [2.24, 2.45) is 0 Å². The van der Waals surface area contributed by atoms with Crippen LogP contribution in [0.4, 0.5) is 10.6 Å². The minimum absolute atomic E-state index is 0.0290. The molecule has 2 saturated heterocycles. The van der Waals surface area contributed by atoms with E-state index in [-0.39, 0.29) is 12.0 Å². The summed E-state index contributed by atoms with van der Waals surface area (Å²) in [4.78, 5) is 39.7. The fraction of sp³-hybridized carbons (Fsp3) is 0.714. The number of carbonyl (C=O) groups is 2. The van der Waals surface area contributed by atoms with Crippen LogP contribution in [-0.2, 0) is 9.53 Å². The zero-order chi connectivity index (χ0) is 21.9. The monoisotopic (exact) mass is 419 g/mol. The first-order chi connectivity index (χ1) is 14.2. The van der Waals surface area contributed by atoms with Crippen LogP contribution in [0.5, 0.6) is 5.88 Å². The molecule has 2 atom stereocenters. The maximum atomic E-state index is 13.2. The van der Waals surface area contributed by atoms with Gasteiger partial charge in [-0.25, -0.2) is 14.8 Å². The highest BCUT2D eigenvalue weighted by molar-refractivity contribution is 5.86. The van der Waals surface area contributed by atoms with Crippen molar-refractivity contribution in [2.45, 2.75) is 64.2 Å². The van der Waals surface area contributed by atoms with E-state index in [1.165, 1.54) is 0 Å². The zero-order valence-corrected chi connectivity index (χ0v) is 18.6. The number of anilines is 1. The van der Waals surface area contributed by atoms with Crippen molar-refractivity contribution in [3.63, 3.8) is 0 Å². The van der Waals surface area contributed by atoms with Crippen molar-refractivity contribution < 1.29 is 19.1 Å². The first kappa shape index (κ1) is 22.1. The number of amides is 2. The van der Waals surface area contributed by atoms with E-state index < -0.39 is 17.7 Å². The second-order valence-electron chi connectivity index (χ2n) is 9.08. The van der Waals surface area contributed by atoms with Crippen LogP contribution in [0.1, 0.15) is 46.5 Å². The van der Waals surface area contributed by atoms with E-state index >= 15 is 0 Å². The summed E-state index contributed by atoms with van der Waals surface area (Å²) in [6.07, 6.45) is 5.80. The molecule has 2 fully saturated rings. The Balaban J connectivity index is 1.65. The fourth-order valence-corrected chi connectivity index (χ4v) is 3.87. The van der Waals surface area contributed by atoms with Crippen molar-refractivity contribution in [3.05, 3.63) is 12.4 Å². The predicted octanol–water partition coefficient (Wildman–Crippen LogP) is 2.31. The summed E-state index contributed by atoms with van der Waals surface area (Å²) in [5, 5.41) is 0. The Morgan fingerprint density at radius 3 is 2.50 bits per heavy atom. The highest BCUT2D eigenvalue weighted by atomic mass is 16.6. The number of piperidine rings is 1. The first-order valence-electron chi connectivity index (χ1n) is 10.6. The first-order valence-corrected chi connectivity index (χ1v) is 10.6. The summed E-state index contributed by atoms with van der Waals surface area (Å²) in [7, 11) is 3.78. The van der Waals surface area contributed by atoms with E-state index in [0.717, 1.165) is 19.3 Å². The SMILES string of the molecule is CN(C)c1nccnc1OC1CCCN(C(=O)C2CCCN2C(=O)OC(C)(C)C)C1. The Morgan fingerprint density at radius 1 is 1.10 bits per heavy atom. The van der Waals surface area contributed by atoms with E-state index in [4.69, 9.17) is 9.47 Å². The van der Waals surface area contributed by atoms with Crippen molar-refractivity contribution >= 4 is 17.8 Å². The van der Waals surface area contributed by atoms with Crippen LogP contribution in [0.3, 0.4) is 0 Å². The second-order valence-corrected chi connectivity index (χ2v) is 9.08. The Hall–Kier alpha value is -2.58. The van der Waals surface area contributed by atoms with Gasteiger partial charge < -0.3 is 19.3 Å². The Bertz CT molecular complexity index is 764. The molecule has 3 rings (SSSR count). The number of rotatable bonds is 4. The zero-order valence-electron chi connectivity index (χ0n) is 18.6. The standard InChI is InChI=1S/C21H33N5O4/c1-21(2,3)30-20(28)26-13-7-9-16(26)19(27)25-12-6-8-15(14-25)29-18-17(24(4)5)22-10-11-23-18/h10-11,15-16H,6-9,12-14H2,1-5H3. The molecule has 9 heteroatoms. The molecule has 2 aliphatic rings. The lowest BCUT2D eigenvalue weighted by Crippen LogP contribution is -2.53.